The lowest BCUT2D eigenvalue weighted by Crippen LogP contribution is -2.17. The van der Waals surface area contributed by atoms with Gasteiger partial charge in [-0.15, -0.1) is 0 Å². The number of halogens is 3. The summed E-state index contributed by atoms with van der Waals surface area (Å²) in [6.07, 6.45) is -2.68. The molecule has 3 N–H and O–H groups in total. The molecule has 0 radical (unpaired) electrons. The summed E-state index contributed by atoms with van der Waals surface area (Å²) in [4.78, 5) is 0. The van der Waals surface area contributed by atoms with Crippen molar-refractivity contribution >= 4 is 6.21 Å². The van der Waals surface area contributed by atoms with E-state index < -0.39 is 11.7 Å². The molecule has 0 heterocycles. The maximum atomic E-state index is 12.1. The van der Waals surface area contributed by atoms with E-state index in [0.29, 0.717) is 6.20 Å². The van der Waals surface area contributed by atoms with Crippen molar-refractivity contribution in [3.05, 3.63) is 23.7 Å². The summed E-state index contributed by atoms with van der Waals surface area (Å²) in [5.41, 5.74) is -1.25. The van der Waals surface area contributed by atoms with Gasteiger partial charge in [-0.3, -0.25) is 0 Å². The Labute approximate surface area is 84.6 Å². The number of allylic oxidation sites excluding steroid dienone is 2. The Balaban J connectivity index is 4.70. The predicted octanol–water partition coefficient (Wildman–Crippen LogP) is 1.26. The quantitative estimate of drug-likeness (QED) is 0.491. The minimum Gasteiger partial charge on any atom is -0.392 e. The highest BCUT2D eigenvalue weighted by Gasteiger charge is 2.32. The van der Waals surface area contributed by atoms with E-state index in [4.69, 9.17) is 10.7 Å². The molecule has 0 spiro atoms. The van der Waals surface area contributed by atoms with Crippen LogP contribution in [-0.4, -0.2) is 19.4 Å². The summed E-state index contributed by atoms with van der Waals surface area (Å²) in [7, 11) is 1.50. The third kappa shape index (κ3) is 4.71. The van der Waals surface area contributed by atoms with Gasteiger partial charge in [0.15, 0.2) is 0 Å². The van der Waals surface area contributed by atoms with Crippen LogP contribution in [-0.2, 0) is 0 Å². The Bertz CT molecular complexity index is 322. The lowest BCUT2D eigenvalue weighted by molar-refractivity contribution is -0.0859. The topological polar surface area (TPSA) is 71.7 Å². The average molecular weight is 218 g/mol. The van der Waals surface area contributed by atoms with E-state index in [2.05, 4.69) is 10.6 Å². The first-order valence-electron chi connectivity index (χ1n) is 3.77. The summed E-state index contributed by atoms with van der Waals surface area (Å²) < 4.78 is 36.2. The molecule has 4 nitrogen and oxygen atoms in total. The number of hydrogen-bond donors (Lipinski definition) is 3. The van der Waals surface area contributed by atoms with Gasteiger partial charge in [0.2, 0.25) is 0 Å². The molecule has 0 aromatic carbocycles. The van der Waals surface area contributed by atoms with Crippen molar-refractivity contribution in [3.8, 4) is 6.07 Å². The van der Waals surface area contributed by atoms with Crippen LogP contribution in [0.25, 0.3) is 0 Å². The van der Waals surface area contributed by atoms with Gasteiger partial charge in [0.05, 0.1) is 5.57 Å². The Hall–Kier alpha value is -1.97. The van der Waals surface area contributed by atoms with Crippen LogP contribution in [0.2, 0.25) is 0 Å². The van der Waals surface area contributed by atoms with E-state index in [1.165, 1.54) is 13.2 Å². The van der Waals surface area contributed by atoms with Gasteiger partial charge in [-0.1, -0.05) is 0 Å². The zero-order chi connectivity index (χ0) is 11.9. The second kappa shape index (κ2) is 5.70. The van der Waals surface area contributed by atoms with Crippen LogP contribution < -0.4 is 10.6 Å². The smallest absolute Gasteiger partial charge is 0.392 e. The third-order valence-electron chi connectivity index (χ3n) is 1.28. The maximum absolute atomic E-state index is 12.1. The molecule has 0 atom stereocenters. The van der Waals surface area contributed by atoms with Crippen LogP contribution in [0.4, 0.5) is 13.2 Å². The number of nitrogens with zero attached hydrogens (tertiary/aromatic N) is 1. The normalized spacial score (nSPS) is 13.0. The van der Waals surface area contributed by atoms with Crippen molar-refractivity contribution in [1.29, 1.82) is 10.7 Å². The zero-order valence-electron chi connectivity index (χ0n) is 7.81. The maximum Gasteiger partial charge on any atom is 0.419 e. The molecule has 0 aromatic rings. The van der Waals surface area contributed by atoms with Gasteiger partial charge in [0.1, 0.15) is 11.8 Å². The summed E-state index contributed by atoms with van der Waals surface area (Å²) >= 11 is 0. The lowest BCUT2D eigenvalue weighted by Gasteiger charge is -2.06. The van der Waals surface area contributed by atoms with Crippen LogP contribution in [0, 0.1) is 16.7 Å². The zero-order valence-corrected chi connectivity index (χ0v) is 7.81. The summed E-state index contributed by atoms with van der Waals surface area (Å²) in [6, 6.07) is 1.63. The summed E-state index contributed by atoms with van der Waals surface area (Å²) in [5.74, 6) is 0. The monoisotopic (exact) mass is 218 g/mol. The molecule has 7 heteroatoms. The predicted molar refractivity (Wildman–Crippen MR) is 48.8 cm³/mol. The molecular weight excluding hydrogens is 209 g/mol. The standard InChI is InChI=1S/C8H9F3N4/c1-14-5-7(3-13)15-4-6(2-12)8(9,10)11/h2,4-5,12,14-15H,1H3/b6-4+,7-5+,12-2?. The first-order valence-corrected chi connectivity index (χ1v) is 3.77. The Morgan fingerprint density at radius 1 is 1.40 bits per heavy atom. The first kappa shape index (κ1) is 13.0. The Morgan fingerprint density at radius 3 is 2.33 bits per heavy atom. The van der Waals surface area contributed by atoms with E-state index in [-0.39, 0.29) is 11.9 Å². The average Bonchev–Trinajstić information content (AvgIpc) is 2.15. The number of nitrogens with one attached hydrogen (secondary N) is 3. The van der Waals surface area contributed by atoms with Crippen molar-refractivity contribution in [2.75, 3.05) is 7.05 Å². The molecule has 0 saturated heterocycles. The van der Waals surface area contributed by atoms with Crippen molar-refractivity contribution in [2.45, 2.75) is 6.18 Å². The molecule has 0 aliphatic rings. The molecule has 0 saturated carbocycles. The van der Waals surface area contributed by atoms with Gasteiger partial charge in [-0.05, 0) is 0 Å². The van der Waals surface area contributed by atoms with Crippen LogP contribution in [0.15, 0.2) is 23.7 Å². The molecule has 0 fully saturated rings. The highest BCUT2D eigenvalue weighted by molar-refractivity contribution is 5.77. The highest BCUT2D eigenvalue weighted by atomic mass is 19.4. The Kier molecular flexibility index (Phi) is 4.95. The molecule has 0 bridgehead atoms. The molecule has 0 aliphatic heterocycles. The molecule has 15 heavy (non-hydrogen) atoms. The van der Waals surface area contributed by atoms with Crippen LogP contribution in [0.1, 0.15) is 0 Å². The van der Waals surface area contributed by atoms with Gasteiger partial charge in [-0.2, -0.15) is 18.4 Å². The number of hydrogen-bond acceptors (Lipinski definition) is 4. The molecule has 0 aliphatic carbocycles. The van der Waals surface area contributed by atoms with E-state index in [1.54, 1.807) is 6.07 Å². The van der Waals surface area contributed by atoms with Gasteiger partial charge in [-0.25, -0.2) is 0 Å². The van der Waals surface area contributed by atoms with Gasteiger partial charge < -0.3 is 16.0 Å². The largest absolute Gasteiger partial charge is 0.419 e. The van der Waals surface area contributed by atoms with E-state index in [0.717, 1.165) is 0 Å². The minimum absolute atomic E-state index is 0.0823. The number of rotatable bonds is 4. The van der Waals surface area contributed by atoms with Gasteiger partial charge in [0, 0.05) is 25.7 Å². The van der Waals surface area contributed by atoms with E-state index in [9.17, 15) is 13.2 Å². The van der Waals surface area contributed by atoms with Gasteiger partial charge >= 0.3 is 6.18 Å². The molecule has 82 valence electrons. The lowest BCUT2D eigenvalue weighted by atomic mass is 10.3. The summed E-state index contributed by atoms with van der Waals surface area (Å²) in [5, 5.41) is 19.6. The van der Waals surface area contributed by atoms with Gasteiger partial charge in [0.25, 0.3) is 0 Å². The molecule has 0 aromatic heterocycles. The van der Waals surface area contributed by atoms with Crippen LogP contribution in [0.3, 0.4) is 0 Å². The number of alkyl halides is 3. The highest BCUT2D eigenvalue weighted by Crippen LogP contribution is 2.23. The second-order valence-electron chi connectivity index (χ2n) is 2.34. The van der Waals surface area contributed by atoms with Crippen LogP contribution in [0.5, 0.6) is 0 Å². The Morgan fingerprint density at radius 2 is 2.00 bits per heavy atom. The number of nitriles is 1. The van der Waals surface area contributed by atoms with Crippen molar-refractivity contribution in [3.63, 3.8) is 0 Å². The molecule has 0 unspecified atom stereocenters. The van der Waals surface area contributed by atoms with Crippen molar-refractivity contribution in [2.24, 2.45) is 0 Å². The fraction of sp³-hybridized carbons (Fsp3) is 0.250. The van der Waals surface area contributed by atoms with Crippen LogP contribution >= 0.6 is 0 Å². The fourth-order valence-corrected chi connectivity index (χ4v) is 0.611. The minimum atomic E-state index is -4.60. The molecular formula is C8H9F3N4. The molecule has 0 rings (SSSR count). The second-order valence-corrected chi connectivity index (χ2v) is 2.34. The third-order valence-corrected chi connectivity index (χ3v) is 1.28. The fourth-order valence-electron chi connectivity index (χ4n) is 0.611. The van der Waals surface area contributed by atoms with Crippen molar-refractivity contribution in [1.82, 2.24) is 10.6 Å². The van der Waals surface area contributed by atoms with E-state index in [1.807, 2.05) is 0 Å². The molecule has 0 amide bonds. The van der Waals surface area contributed by atoms with E-state index >= 15 is 0 Å². The summed E-state index contributed by atoms with van der Waals surface area (Å²) in [6.45, 7) is 0. The first-order chi connectivity index (χ1) is 6.95. The SMILES string of the molecule is CN/C=C(\C#N)N/C=C(\C=N)C(F)(F)F. The van der Waals surface area contributed by atoms with Crippen molar-refractivity contribution < 1.29 is 13.2 Å².